The van der Waals surface area contributed by atoms with E-state index in [1.54, 1.807) is 6.07 Å². The summed E-state index contributed by atoms with van der Waals surface area (Å²) in [5.74, 6) is 2.30. The molecule has 1 aromatic rings. The summed E-state index contributed by atoms with van der Waals surface area (Å²) >= 11 is 0. The Morgan fingerprint density at radius 3 is 2.93 bits per heavy atom. The van der Waals surface area contributed by atoms with E-state index >= 15 is 0 Å². The summed E-state index contributed by atoms with van der Waals surface area (Å²) in [6.45, 7) is 2.20. The standard InChI is InChI=1S/C11H18N4/c1-2-9(5-8-3-4-8)15-11-6-10(12)13-7-14-11/h6-9H,2-5H2,1H3,(H3,12,13,14,15). The van der Waals surface area contributed by atoms with Crippen LogP contribution in [-0.4, -0.2) is 16.0 Å². The van der Waals surface area contributed by atoms with Crippen LogP contribution >= 0.6 is 0 Å². The van der Waals surface area contributed by atoms with Crippen LogP contribution in [0.4, 0.5) is 11.6 Å². The van der Waals surface area contributed by atoms with Gasteiger partial charge in [0.2, 0.25) is 0 Å². The average molecular weight is 206 g/mol. The maximum absolute atomic E-state index is 5.60. The molecule has 0 bridgehead atoms. The number of hydrogen-bond acceptors (Lipinski definition) is 4. The van der Waals surface area contributed by atoms with E-state index in [0.717, 1.165) is 18.2 Å². The molecule has 1 saturated carbocycles. The zero-order chi connectivity index (χ0) is 10.7. The molecular weight excluding hydrogens is 188 g/mol. The van der Waals surface area contributed by atoms with E-state index in [1.807, 2.05) is 0 Å². The fourth-order valence-corrected chi connectivity index (χ4v) is 1.74. The molecule has 0 saturated heterocycles. The summed E-state index contributed by atoms with van der Waals surface area (Å²) in [5, 5.41) is 3.41. The SMILES string of the molecule is CCC(CC1CC1)Nc1cc(N)ncn1. The molecule has 1 aromatic heterocycles. The Morgan fingerprint density at radius 1 is 1.53 bits per heavy atom. The van der Waals surface area contributed by atoms with Gasteiger partial charge in [0.25, 0.3) is 0 Å². The van der Waals surface area contributed by atoms with E-state index in [-0.39, 0.29) is 0 Å². The molecule has 0 spiro atoms. The normalized spacial score (nSPS) is 17.4. The predicted octanol–water partition coefficient (Wildman–Crippen LogP) is 2.05. The van der Waals surface area contributed by atoms with Gasteiger partial charge in [0.1, 0.15) is 18.0 Å². The lowest BCUT2D eigenvalue weighted by Gasteiger charge is -2.17. The van der Waals surface area contributed by atoms with Crippen LogP contribution in [0.5, 0.6) is 0 Å². The number of aromatic nitrogens is 2. The molecule has 1 aliphatic rings. The summed E-state index contributed by atoms with van der Waals surface area (Å²) in [5.41, 5.74) is 5.60. The smallest absolute Gasteiger partial charge is 0.131 e. The minimum absolute atomic E-state index is 0.520. The van der Waals surface area contributed by atoms with Crippen molar-refractivity contribution in [2.75, 3.05) is 11.1 Å². The van der Waals surface area contributed by atoms with E-state index in [2.05, 4.69) is 22.2 Å². The van der Waals surface area contributed by atoms with Gasteiger partial charge in [0.05, 0.1) is 0 Å². The molecule has 2 rings (SSSR count). The van der Waals surface area contributed by atoms with Crippen molar-refractivity contribution in [1.82, 2.24) is 9.97 Å². The van der Waals surface area contributed by atoms with Gasteiger partial charge < -0.3 is 11.1 Å². The molecule has 0 amide bonds. The van der Waals surface area contributed by atoms with Crippen molar-refractivity contribution in [2.45, 2.75) is 38.6 Å². The first-order valence-electron chi connectivity index (χ1n) is 5.62. The van der Waals surface area contributed by atoms with Gasteiger partial charge >= 0.3 is 0 Å². The molecule has 1 unspecified atom stereocenters. The van der Waals surface area contributed by atoms with Gasteiger partial charge in [-0.3, -0.25) is 0 Å². The van der Waals surface area contributed by atoms with E-state index in [4.69, 9.17) is 5.73 Å². The maximum atomic E-state index is 5.60. The fourth-order valence-electron chi connectivity index (χ4n) is 1.74. The molecule has 0 aliphatic heterocycles. The van der Waals surface area contributed by atoms with Crippen molar-refractivity contribution in [3.05, 3.63) is 12.4 Å². The number of rotatable bonds is 5. The number of nitrogens with two attached hydrogens (primary N) is 1. The summed E-state index contributed by atoms with van der Waals surface area (Å²) in [4.78, 5) is 8.03. The highest BCUT2D eigenvalue weighted by Gasteiger charge is 2.24. The fraction of sp³-hybridized carbons (Fsp3) is 0.636. The first kappa shape index (κ1) is 10.2. The Labute approximate surface area is 90.3 Å². The highest BCUT2D eigenvalue weighted by atomic mass is 15.0. The van der Waals surface area contributed by atoms with Gasteiger partial charge in [0, 0.05) is 12.1 Å². The Bertz CT molecular complexity index is 322. The van der Waals surface area contributed by atoms with Crippen molar-refractivity contribution in [2.24, 2.45) is 5.92 Å². The lowest BCUT2D eigenvalue weighted by molar-refractivity contribution is 0.585. The van der Waals surface area contributed by atoms with E-state index in [0.29, 0.717) is 11.9 Å². The van der Waals surface area contributed by atoms with Gasteiger partial charge in [-0.2, -0.15) is 0 Å². The van der Waals surface area contributed by atoms with Crippen molar-refractivity contribution >= 4 is 11.6 Å². The van der Waals surface area contributed by atoms with Crippen LogP contribution in [0.2, 0.25) is 0 Å². The van der Waals surface area contributed by atoms with Gasteiger partial charge in [-0.25, -0.2) is 9.97 Å². The summed E-state index contributed by atoms with van der Waals surface area (Å²) < 4.78 is 0. The van der Waals surface area contributed by atoms with Crippen LogP contribution in [-0.2, 0) is 0 Å². The van der Waals surface area contributed by atoms with Crippen LogP contribution in [0.15, 0.2) is 12.4 Å². The molecule has 4 heteroatoms. The third kappa shape index (κ3) is 3.08. The van der Waals surface area contributed by atoms with Crippen LogP contribution in [0.1, 0.15) is 32.6 Å². The van der Waals surface area contributed by atoms with Gasteiger partial charge in [-0.1, -0.05) is 19.8 Å². The second-order valence-electron chi connectivity index (χ2n) is 4.26. The van der Waals surface area contributed by atoms with Crippen molar-refractivity contribution in [1.29, 1.82) is 0 Å². The Hall–Kier alpha value is -1.32. The van der Waals surface area contributed by atoms with Crippen molar-refractivity contribution < 1.29 is 0 Å². The summed E-state index contributed by atoms with van der Waals surface area (Å²) in [6, 6.07) is 2.31. The quantitative estimate of drug-likeness (QED) is 0.774. The Morgan fingerprint density at radius 2 is 2.33 bits per heavy atom. The number of hydrogen-bond donors (Lipinski definition) is 2. The molecule has 0 radical (unpaired) electrons. The van der Waals surface area contributed by atoms with Crippen molar-refractivity contribution in [3.63, 3.8) is 0 Å². The minimum Gasteiger partial charge on any atom is -0.384 e. The zero-order valence-electron chi connectivity index (χ0n) is 9.11. The predicted molar refractivity (Wildman–Crippen MR) is 61.5 cm³/mol. The highest BCUT2D eigenvalue weighted by Crippen LogP contribution is 2.34. The molecule has 0 aromatic carbocycles. The third-order valence-electron chi connectivity index (χ3n) is 2.85. The van der Waals surface area contributed by atoms with Crippen molar-refractivity contribution in [3.8, 4) is 0 Å². The second-order valence-corrected chi connectivity index (χ2v) is 4.26. The molecule has 1 aliphatic carbocycles. The molecule has 1 fully saturated rings. The molecule has 4 nitrogen and oxygen atoms in total. The summed E-state index contributed by atoms with van der Waals surface area (Å²) in [7, 11) is 0. The second kappa shape index (κ2) is 4.47. The topological polar surface area (TPSA) is 63.8 Å². The monoisotopic (exact) mass is 206 g/mol. The third-order valence-corrected chi connectivity index (χ3v) is 2.85. The Balaban J connectivity index is 1.92. The maximum Gasteiger partial charge on any atom is 0.131 e. The minimum atomic E-state index is 0.520. The lowest BCUT2D eigenvalue weighted by atomic mass is 10.1. The van der Waals surface area contributed by atoms with Crippen LogP contribution < -0.4 is 11.1 Å². The molecular formula is C11H18N4. The molecule has 1 atom stereocenters. The molecule has 82 valence electrons. The first-order valence-corrected chi connectivity index (χ1v) is 5.62. The van der Waals surface area contributed by atoms with Gasteiger partial charge in [-0.15, -0.1) is 0 Å². The number of nitrogens with zero attached hydrogens (tertiary/aromatic N) is 2. The molecule has 1 heterocycles. The van der Waals surface area contributed by atoms with Crippen LogP contribution in [0.3, 0.4) is 0 Å². The number of nitrogens with one attached hydrogen (secondary N) is 1. The highest BCUT2D eigenvalue weighted by molar-refractivity contribution is 5.43. The Kier molecular flexibility index (Phi) is 3.04. The van der Waals surface area contributed by atoms with Crippen LogP contribution in [0.25, 0.3) is 0 Å². The van der Waals surface area contributed by atoms with E-state index < -0.39 is 0 Å². The lowest BCUT2D eigenvalue weighted by Crippen LogP contribution is -2.20. The largest absolute Gasteiger partial charge is 0.384 e. The van der Waals surface area contributed by atoms with Gasteiger partial charge in [0.15, 0.2) is 0 Å². The number of anilines is 2. The van der Waals surface area contributed by atoms with Crippen LogP contribution in [0, 0.1) is 5.92 Å². The molecule has 15 heavy (non-hydrogen) atoms. The first-order chi connectivity index (χ1) is 7.28. The molecule has 3 N–H and O–H groups in total. The summed E-state index contributed by atoms with van der Waals surface area (Å²) in [6.07, 6.45) is 6.66. The van der Waals surface area contributed by atoms with Gasteiger partial charge in [-0.05, 0) is 18.8 Å². The average Bonchev–Trinajstić information content (AvgIpc) is 3.01. The van der Waals surface area contributed by atoms with E-state index in [9.17, 15) is 0 Å². The van der Waals surface area contributed by atoms with E-state index in [1.165, 1.54) is 25.6 Å². The zero-order valence-corrected chi connectivity index (χ0v) is 9.11. The number of nitrogen functional groups attached to an aromatic ring is 1.